The summed E-state index contributed by atoms with van der Waals surface area (Å²) >= 11 is 6.27. The number of benzene rings is 2. The molecule has 0 fully saturated rings. The van der Waals surface area contributed by atoms with E-state index in [-0.39, 0.29) is 11.7 Å². The number of hydrogen-bond acceptors (Lipinski definition) is 3. The number of carbonyl (C=O) groups is 1. The van der Waals surface area contributed by atoms with Gasteiger partial charge in [0.2, 0.25) is 0 Å². The molecule has 1 amide bonds. The van der Waals surface area contributed by atoms with Crippen LogP contribution in [0.5, 0.6) is 5.75 Å². The lowest BCUT2D eigenvalue weighted by molar-refractivity contribution is -0.112. The van der Waals surface area contributed by atoms with E-state index in [1.807, 2.05) is 52.0 Å². The third kappa shape index (κ3) is 5.35. The smallest absolute Gasteiger partial charge is 0.266 e. The standard InChI is InChI=1S/C22H23ClN2O2/c1-5-15(3)27-21-10-9-17(12-19(21)23)11-18(13-24)22(26)25-20-8-6-7-14(2)16(20)4/h6-12,15H,5H2,1-4H3,(H,25,26)/b18-11-/t15-/m1/s1. The molecule has 0 spiro atoms. The summed E-state index contributed by atoms with van der Waals surface area (Å²) in [6.45, 7) is 7.90. The van der Waals surface area contributed by atoms with Crippen LogP contribution in [0.1, 0.15) is 37.0 Å². The number of amides is 1. The zero-order chi connectivity index (χ0) is 20.0. The molecule has 27 heavy (non-hydrogen) atoms. The van der Waals surface area contributed by atoms with Crippen molar-refractivity contribution in [3.63, 3.8) is 0 Å². The lowest BCUT2D eigenvalue weighted by Crippen LogP contribution is -2.14. The average Bonchev–Trinajstić information content (AvgIpc) is 2.65. The highest BCUT2D eigenvalue weighted by molar-refractivity contribution is 6.32. The second-order valence-electron chi connectivity index (χ2n) is 6.40. The molecule has 140 valence electrons. The quantitative estimate of drug-likeness (QED) is 0.516. The van der Waals surface area contributed by atoms with Gasteiger partial charge in [-0.1, -0.05) is 36.7 Å². The number of halogens is 1. The fourth-order valence-corrected chi connectivity index (χ4v) is 2.63. The van der Waals surface area contributed by atoms with Crippen LogP contribution < -0.4 is 10.1 Å². The molecule has 0 aliphatic rings. The van der Waals surface area contributed by atoms with Crippen molar-refractivity contribution in [2.75, 3.05) is 5.32 Å². The average molecular weight is 383 g/mol. The number of carbonyl (C=O) groups excluding carboxylic acids is 1. The van der Waals surface area contributed by atoms with Crippen LogP contribution in [-0.4, -0.2) is 12.0 Å². The van der Waals surface area contributed by atoms with E-state index < -0.39 is 5.91 Å². The summed E-state index contributed by atoms with van der Waals surface area (Å²) < 4.78 is 5.73. The van der Waals surface area contributed by atoms with Gasteiger partial charge in [-0.05, 0) is 68.2 Å². The van der Waals surface area contributed by atoms with E-state index in [1.54, 1.807) is 18.2 Å². The summed E-state index contributed by atoms with van der Waals surface area (Å²) in [6, 6.07) is 12.8. The molecule has 0 heterocycles. The number of rotatable bonds is 6. The first-order chi connectivity index (χ1) is 12.8. The Kier molecular flexibility index (Phi) is 7.04. The van der Waals surface area contributed by atoms with Crippen molar-refractivity contribution in [1.82, 2.24) is 0 Å². The highest BCUT2D eigenvalue weighted by Gasteiger charge is 2.12. The summed E-state index contributed by atoms with van der Waals surface area (Å²) in [5.41, 5.74) is 3.39. The predicted octanol–water partition coefficient (Wildman–Crippen LogP) is 5.68. The molecule has 0 unspecified atom stereocenters. The van der Waals surface area contributed by atoms with Crippen LogP contribution in [0.2, 0.25) is 5.02 Å². The minimum absolute atomic E-state index is 0.00238. The first-order valence-corrected chi connectivity index (χ1v) is 9.19. The molecular weight excluding hydrogens is 360 g/mol. The molecular formula is C22H23ClN2O2. The highest BCUT2D eigenvalue weighted by Crippen LogP contribution is 2.28. The van der Waals surface area contributed by atoms with Gasteiger partial charge in [0.25, 0.3) is 5.91 Å². The largest absolute Gasteiger partial charge is 0.489 e. The third-order valence-corrected chi connectivity index (χ3v) is 4.68. The molecule has 0 aromatic heterocycles. The highest BCUT2D eigenvalue weighted by atomic mass is 35.5. The molecule has 1 N–H and O–H groups in total. The molecule has 4 nitrogen and oxygen atoms in total. The van der Waals surface area contributed by atoms with E-state index in [0.29, 0.717) is 22.0 Å². The van der Waals surface area contributed by atoms with Gasteiger partial charge in [0, 0.05) is 5.69 Å². The summed E-state index contributed by atoms with van der Waals surface area (Å²) in [6.07, 6.45) is 2.44. The number of ether oxygens (including phenoxy) is 1. The maximum atomic E-state index is 12.5. The second-order valence-corrected chi connectivity index (χ2v) is 6.81. The molecule has 1 atom stereocenters. The van der Waals surface area contributed by atoms with Gasteiger partial charge in [0.05, 0.1) is 11.1 Å². The summed E-state index contributed by atoms with van der Waals surface area (Å²) in [7, 11) is 0. The minimum atomic E-state index is -0.456. The lowest BCUT2D eigenvalue weighted by atomic mass is 10.1. The molecule has 2 aromatic carbocycles. The summed E-state index contributed by atoms with van der Waals surface area (Å²) in [4.78, 5) is 12.5. The van der Waals surface area contributed by atoms with Crippen molar-refractivity contribution in [3.05, 3.63) is 63.7 Å². The van der Waals surface area contributed by atoms with E-state index in [2.05, 4.69) is 5.32 Å². The molecule has 0 saturated carbocycles. The second kappa shape index (κ2) is 9.25. The van der Waals surface area contributed by atoms with E-state index in [1.165, 1.54) is 6.08 Å². The van der Waals surface area contributed by atoms with Crippen LogP contribution in [0.3, 0.4) is 0 Å². The van der Waals surface area contributed by atoms with Crippen LogP contribution in [0, 0.1) is 25.2 Å². The van der Waals surface area contributed by atoms with E-state index >= 15 is 0 Å². The van der Waals surface area contributed by atoms with Gasteiger partial charge >= 0.3 is 0 Å². The number of nitriles is 1. The topological polar surface area (TPSA) is 62.1 Å². The van der Waals surface area contributed by atoms with Gasteiger partial charge < -0.3 is 10.1 Å². The zero-order valence-electron chi connectivity index (χ0n) is 16.0. The van der Waals surface area contributed by atoms with Gasteiger partial charge in [-0.2, -0.15) is 5.26 Å². The number of hydrogen-bond donors (Lipinski definition) is 1. The van der Waals surface area contributed by atoms with E-state index in [9.17, 15) is 10.1 Å². The fourth-order valence-electron chi connectivity index (χ4n) is 2.39. The Labute approximate surface area is 165 Å². The third-order valence-electron chi connectivity index (χ3n) is 4.39. The number of anilines is 1. The summed E-state index contributed by atoms with van der Waals surface area (Å²) in [5, 5.41) is 12.6. The molecule has 0 radical (unpaired) electrons. The van der Waals surface area contributed by atoms with Gasteiger partial charge in [-0.25, -0.2) is 0 Å². The van der Waals surface area contributed by atoms with Gasteiger partial charge in [0.1, 0.15) is 17.4 Å². The Morgan fingerprint density at radius 3 is 2.70 bits per heavy atom. The van der Waals surface area contributed by atoms with Crippen molar-refractivity contribution >= 4 is 29.3 Å². The molecule has 0 bridgehead atoms. The first kappa shape index (κ1) is 20.5. The molecule has 0 saturated heterocycles. The van der Waals surface area contributed by atoms with Gasteiger partial charge in [-0.15, -0.1) is 0 Å². The molecule has 5 heteroatoms. The van der Waals surface area contributed by atoms with Crippen molar-refractivity contribution < 1.29 is 9.53 Å². The van der Waals surface area contributed by atoms with Crippen molar-refractivity contribution in [3.8, 4) is 11.8 Å². The minimum Gasteiger partial charge on any atom is -0.489 e. The molecule has 2 rings (SSSR count). The lowest BCUT2D eigenvalue weighted by Gasteiger charge is -2.14. The van der Waals surface area contributed by atoms with Crippen molar-refractivity contribution in [2.45, 2.75) is 40.2 Å². The Hall–Kier alpha value is -2.77. The Morgan fingerprint density at radius 1 is 1.33 bits per heavy atom. The van der Waals surface area contributed by atoms with Gasteiger partial charge in [-0.3, -0.25) is 4.79 Å². The number of nitrogens with one attached hydrogen (secondary N) is 1. The van der Waals surface area contributed by atoms with Crippen LogP contribution in [0.25, 0.3) is 6.08 Å². The van der Waals surface area contributed by atoms with Crippen molar-refractivity contribution in [1.29, 1.82) is 5.26 Å². The van der Waals surface area contributed by atoms with Crippen LogP contribution in [-0.2, 0) is 4.79 Å². The first-order valence-electron chi connectivity index (χ1n) is 8.81. The van der Waals surface area contributed by atoms with Gasteiger partial charge in [0.15, 0.2) is 0 Å². The molecule has 2 aromatic rings. The predicted molar refractivity (Wildman–Crippen MR) is 110 cm³/mol. The monoisotopic (exact) mass is 382 g/mol. The maximum absolute atomic E-state index is 12.5. The fraction of sp³-hybridized carbons (Fsp3) is 0.273. The van der Waals surface area contributed by atoms with Crippen molar-refractivity contribution in [2.24, 2.45) is 0 Å². The van der Waals surface area contributed by atoms with Crippen LogP contribution >= 0.6 is 11.6 Å². The molecule has 0 aliphatic carbocycles. The van der Waals surface area contributed by atoms with Crippen LogP contribution in [0.15, 0.2) is 42.0 Å². The van der Waals surface area contributed by atoms with Crippen LogP contribution in [0.4, 0.5) is 5.69 Å². The SMILES string of the molecule is CC[C@@H](C)Oc1ccc(/C=C(/C#N)C(=O)Nc2cccc(C)c2C)cc1Cl. The molecule has 0 aliphatic heterocycles. The zero-order valence-corrected chi connectivity index (χ0v) is 16.7. The number of nitrogens with zero attached hydrogens (tertiary/aromatic N) is 1. The number of aryl methyl sites for hydroxylation is 1. The normalized spacial score (nSPS) is 12.2. The Bertz CT molecular complexity index is 913. The maximum Gasteiger partial charge on any atom is 0.266 e. The van der Waals surface area contributed by atoms with E-state index in [4.69, 9.17) is 16.3 Å². The Balaban J connectivity index is 2.22. The summed E-state index contributed by atoms with van der Waals surface area (Å²) in [5.74, 6) is 0.128. The Morgan fingerprint density at radius 2 is 2.07 bits per heavy atom. The van der Waals surface area contributed by atoms with E-state index in [0.717, 1.165) is 17.5 Å².